The predicted molar refractivity (Wildman–Crippen MR) is 125 cm³/mol. The lowest BCUT2D eigenvalue weighted by Gasteiger charge is -2.11. The number of nitriles is 1. The van der Waals surface area contributed by atoms with Gasteiger partial charge in [0.15, 0.2) is 0 Å². The molecular weight excluding hydrogens is 426 g/mol. The molecule has 4 rings (SSSR count). The fourth-order valence-electron chi connectivity index (χ4n) is 2.81. The van der Waals surface area contributed by atoms with Gasteiger partial charge in [-0.3, -0.25) is 0 Å². The van der Waals surface area contributed by atoms with Gasteiger partial charge in [-0.05, 0) is 46.3 Å². The molecule has 0 aliphatic rings. The van der Waals surface area contributed by atoms with Crippen LogP contribution in [0.25, 0.3) is 17.3 Å². The van der Waals surface area contributed by atoms with E-state index in [2.05, 4.69) is 26.6 Å². The normalized spacial score (nSPS) is 11.3. The lowest BCUT2D eigenvalue weighted by molar-refractivity contribution is 0.756. The van der Waals surface area contributed by atoms with Gasteiger partial charge in [0, 0.05) is 30.9 Å². The molecule has 0 atom stereocenters. The highest BCUT2D eigenvalue weighted by Gasteiger charge is 2.12. The minimum atomic E-state index is 0.549. The molecule has 0 N–H and O–H groups in total. The van der Waals surface area contributed by atoms with Crippen molar-refractivity contribution in [3.63, 3.8) is 0 Å². The molecule has 0 fully saturated rings. The van der Waals surface area contributed by atoms with Crippen LogP contribution >= 0.6 is 23.1 Å². The largest absolute Gasteiger partial charge is 0.378 e. The molecule has 0 amide bonds. The molecular formula is C22H19N7S2. The van der Waals surface area contributed by atoms with E-state index in [1.54, 1.807) is 4.68 Å². The van der Waals surface area contributed by atoms with E-state index in [0.29, 0.717) is 21.5 Å². The molecule has 0 saturated heterocycles. The van der Waals surface area contributed by atoms with Gasteiger partial charge in [-0.15, -0.1) is 16.4 Å². The Hall–Kier alpha value is -3.48. The van der Waals surface area contributed by atoms with Gasteiger partial charge in [-0.2, -0.15) is 9.94 Å². The van der Waals surface area contributed by atoms with Crippen LogP contribution < -0.4 is 4.90 Å². The molecule has 0 radical (unpaired) electrons. The van der Waals surface area contributed by atoms with Crippen LogP contribution in [-0.2, 0) is 5.75 Å². The van der Waals surface area contributed by atoms with Crippen LogP contribution in [-0.4, -0.2) is 39.3 Å². The highest BCUT2D eigenvalue weighted by Crippen LogP contribution is 2.27. The lowest BCUT2D eigenvalue weighted by atomic mass is 10.1. The summed E-state index contributed by atoms with van der Waals surface area (Å²) in [4.78, 5) is 6.69. The molecule has 2 aromatic heterocycles. The van der Waals surface area contributed by atoms with Gasteiger partial charge in [-0.25, -0.2) is 4.98 Å². The molecule has 7 nitrogen and oxygen atoms in total. The highest BCUT2D eigenvalue weighted by molar-refractivity contribution is 7.98. The zero-order valence-electron chi connectivity index (χ0n) is 17.0. The van der Waals surface area contributed by atoms with E-state index in [4.69, 9.17) is 0 Å². The topological polar surface area (TPSA) is 83.5 Å². The van der Waals surface area contributed by atoms with E-state index in [-0.39, 0.29) is 0 Å². The zero-order valence-corrected chi connectivity index (χ0v) is 18.6. The van der Waals surface area contributed by atoms with E-state index < -0.39 is 0 Å². The Bertz CT molecular complexity index is 1220. The van der Waals surface area contributed by atoms with Crippen LogP contribution in [0, 0.1) is 11.3 Å². The van der Waals surface area contributed by atoms with E-state index in [1.807, 2.05) is 85.0 Å². The molecule has 0 aliphatic carbocycles. The van der Waals surface area contributed by atoms with Crippen molar-refractivity contribution in [2.45, 2.75) is 10.9 Å². The first-order valence-corrected chi connectivity index (χ1v) is 11.3. The number of hydrogen-bond acceptors (Lipinski definition) is 8. The number of tetrazole rings is 1. The number of anilines is 1. The molecule has 0 unspecified atom stereocenters. The molecule has 31 heavy (non-hydrogen) atoms. The van der Waals surface area contributed by atoms with Crippen molar-refractivity contribution in [3.8, 4) is 11.8 Å². The standard InChI is InChI=1S/C22H19N7S2/c1-28(2)19-10-8-16(9-11-19)12-17(13-23)21-24-18(14-30-21)15-31-22-25-26-27-29(22)20-6-4-3-5-7-20/h3-12,14H,15H2,1-2H3. The van der Waals surface area contributed by atoms with Gasteiger partial charge in [0.2, 0.25) is 5.16 Å². The first kappa shape index (κ1) is 20.8. The van der Waals surface area contributed by atoms with Gasteiger partial charge in [0.1, 0.15) is 11.1 Å². The first-order valence-electron chi connectivity index (χ1n) is 9.44. The number of para-hydroxylation sites is 1. The molecule has 0 saturated carbocycles. The smallest absolute Gasteiger partial charge is 0.214 e. The van der Waals surface area contributed by atoms with Gasteiger partial charge >= 0.3 is 0 Å². The summed E-state index contributed by atoms with van der Waals surface area (Å²) < 4.78 is 1.70. The lowest BCUT2D eigenvalue weighted by Crippen LogP contribution is -2.07. The quantitative estimate of drug-likeness (QED) is 0.305. The predicted octanol–water partition coefficient (Wildman–Crippen LogP) is 4.54. The number of allylic oxidation sites excluding steroid dienone is 1. The molecule has 2 heterocycles. The zero-order chi connectivity index (χ0) is 21.6. The number of thiazole rings is 1. The third-order valence-electron chi connectivity index (χ3n) is 4.41. The minimum absolute atomic E-state index is 0.549. The summed E-state index contributed by atoms with van der Waals surface area (Å²) in [6.45, 7) is 0. The number of rotatable bonds is 7. The number of aromatic nitrogens is 5. The summed E-state index contributed by atoms with van der Waals surface area (Å²) in [7, 11) is 4.00. The van der Waals surface area contributed by atoms with Crippen LogP contribution in [0.4, 0.5) is 5.69 Å². The van der Waals surface area contributed by atoms with Crippen molar-refractivity contribution < 1.29 is 0 Å². The van der Waals surface area contributed by atoms with Crippen LogP contribution in [0.2, 0.25) is 0 Å². The number of hydrogen-bond donors (Lipinski definition) is 0. The van der Waals surface area contributed by atoms with E-state index >= 15 is 0 Å². The Kier molecular flexibility index (Phi) is 6.40. The fourth-order valence-corrected chi connectivity index (χ4v) is 4.49. The van der Waals surface area contributed by atoms with Gasteiger partial charge in [0.05, 0.1) is 17.0 Å². The Balaban J connectivity index is 1.47. The van der Waals surface area contributed by atoms with E-state index in [1.165, 1.54) is 23.1 Å². The van der Waals surface area contributed by atoms with Crippen molar-refractivity contribution in [2.24, 2.45) is 0 Å². The highest BCUT2D eigenvalue weighted by atomic mass is 32.2. The summed E-state index contributed by atoms with van der Waals surface area (Å²) in [5.41, 5.74) is 4.42. The van der Waals surface area contributed by atoms with Crippen molar-refractivity contribution >= 4 is 40.4 Å². The summed E-state index contributed by atoms with van der Waals surface area (Å²) in [6.07, 6.45) is 1.87. The molecule has 0 spiro atoms. The third-order valence-corrected chi connectivity index (χ3v) is 6.29. The summed E-state index contributed by atoms with van der Waals surface area (Å²) >= 11 is 2.97. The molecule has 2 aromatic carbocycles. The maximum absolute atomic E-state index is 9.64. The van der Waals surface area contributed by atoms with Crippen LogP contribution in [0.5, 0.6) is 0 Å². The molecule has 154 valence electrons. The first-order chi connectivity index (χ1) is 15.1. The second kappa shape index (κ2) is 9.55. The average Bonchev–Trinajstić information content (AvgIpc) is 3.46. The molecule has 0 bridgehead atoms. The van der Waals surface area contributed by atoms with Crippen molar-refractivity contribution in [1.29, 1.82) is 5.26 Å². The second-order valence-corrected chi connectivity index (χ2v) is 8.60. The summed E-state index contributed by atoms with van der Waals surface area (Å²) in [5.74, 6) is 0.611. The Morgan fingerprint density at radius 1 is 1.16 bits per heavy atom. The molecule has 4 aromatic rings. The van der Waals surface area contributed by atoms with Crippen molar-refractivity contribution in [2.75, 3.05) is 19.0 Å². The Labute approximate surface area is 188 Å². The maximum Gasteiger partial charge on any atom is 0.214 e. The van der Waals surface area contributed by atoms with E-state index in [0.717, 1.165) is 22.6 Å². The monoisotopic (exact) mass is 445 g/mol. The minimum Gasteiger partial charge on any atom is -0.378 e. The van der Waals surface area contributed by atoms with Crippen LogP contribution in [0.1, 0.15) is 16.3 Å². The number of thioether (sulfide) groups is 1. The fraction of sp³-hybridized carbons (Fsp3) is 0.136. The Morgan fingerprint density at radius 3 is 2.65 bits per heavy atom. The van der Waals surface area contributed by atoms with Crippen molar-refractivity contribution in [3.05, 3.63) is 76.2 Å². The summed E-state index contributed by atoms with van der Waals surface area (Å²) in [5, 5.41) is 25.0. The van der Waals surface area contributed by atoms with Crippen molar-refractivity contribution in [1.82, 2.24) is 25.2 Å². The number of nitrogens with zero attached hydrogens (tertiary/aromatic N) is 7. The van der Waals surface area contributed by atoms with Gasteiger partial charge < -0.3 is 4.90 Å². The van der Waals surface area contributed by atoms with Crippen LogP contribution in [0.3, 0.4) is 0 Å². The van der Waals surface area contributed by atoms with Gasteiger partial charge in [-0.1, -0.05) is 42.1 Å². The van der Waals surface area contributed by atoms with Gasteiger partial charge in [0.25, 0.3) is 0 Å². The molecule has 9 heteroatoms. The summed E-state index contributed by atoms with van der Waals surface area (Å²) in [6, 6.07) is 20.1. The second-order valence-electron chi connectivity index (χ2n) is 6.80. The SMILES string of the molecule is CN(C)c1ccc(C=C(C#N)c2nc(CSc3nnnn3-c3ccccc3)cs2)cc1. The van der Waals surface area contributed by atoms with Crippen LogP contribution in [0.15, 0.2) is 65.1 Å². The Morgan fingerprint density at radius 2 is 1.94 bits per heavy atom. The third kappa shape index (κ3) is 4.99. The van der Waals surface area contributed by atoms with E-state index in [9.17, 15) is 5.26 Å². The maximum atomic E-state index is 9.64. The average molecular weight is 446 g/mol. The number of benzene rings is 2. The molecule has 0 aliphatic heterocycles.